The van der Waals surface area contributed by atoms with Crippen molar-refractivity contribution in [3.8, 4) is 39.1 Å². The molecule has 1 aliphatic heterocycles. The van der Waals surface area contributed by atoms with Gasteiger partial charge in [0, 0.05) is 16.3 Å². The molecule has 7 aromatic carbocycles. The highest BCUT2D eigenvalue weighted by molar-refractivity contribution is 6.36. The van der Waals surface area contributed by atoms with E-state index >= 15 is 0 Å². The fraction of sp³-hybridized carbons (Fsp3) is 0.0435. The first-order valence-corrected chi connectivity index (χ1v) is 17.5. The van der Waals surface area contributed by atoms with Gasteiger partial charge in [0.1, 0.15) is 0 Å². The summed E-state index contributed by atoms with van der Waals surface area (Å²) in [5.74, 6) is -1.12. The molecule has 1 aliphatic rings. The summed E-state index contributed by atoms with van der Waals surface area (Å²) >= 11 is 0. The van der Waals surface area contributed by atoms with Gasteiger partial charge in [-0.2, -0.15) is 26.3 Å². The third-order valence-electron chi connectivity index (χ3n) is 10.2. The molecule has 2 heterocycles. The molecule has 0 fully saturated rings. The highest BCUT2D eigenvalue weighted by atomic mass is 19.4. The summed E-state index contributed by atoms with van der Waals surface area (Å²) in [6.45, 7) is 0. The third-order valence-corrected chi connectivity index (χ3v) is 10.2. The predicted molar refractivity (Wildman–Crippen MR) is 205 cm³/mol. The fourth-order valence-corrected chi connectivity index (χ4v) is 7.59. The summed E-state index contributed by atoms with van der Waals surface area (Å²) in [5, 5.41) is 1.37. The second-order valence-corrected chi connectivity index (χ2v) is 13.5. The van der Waals surface area contributed by atoms with Gasteiger partial charge >= 0.3 is 12.4 Å². The number of para-hydroxylation sites is 1. The molecule has 8 aromatic rings. The van der Waals surface area contributed by atoms with Crippen LogP contribution in [-0.2, 0) is 12.4 Å². The van der Waals surface area contributed by atoms with Crippen LogP contribution in [0.1, 0.15) is 31.8 Å². The highest BCUT2D eigenvalue weighted by Crippen LogP contribution is 2.44. The van der Waals surface area contributed by atoms with E-state index in [1.54, 1.807) is 53.1 Å². The smallest absolute Gasteiger partial charge is 0.308 e. The zero-order valence-electron chi connectivity index (χ0n) is 29.0. The molecule has 0 saturated carbocycles. The minimum absolute atomic E-state index is 0.0963. The second-order valence-electron chi connectivity index (χ2n) is 13.5. The van der Waals surface area contributed by atoms with Crippen LogP contribution in [0.3, 0.4) is 0 Å². The molecule has 274 valence electrons. The van der Waals surface area contributed by atoms with Gasteiger partial charge in [0.2, 0.25) is 0 Å². The van der Waals surface area contributed by atoms with Crippen LogP contribution in [0.4, 0.5) is 32.0 Å². The third kappa shape index (κ3) is 5.72. The molecule has 4 nitrogen and oxygen atoms in total. The molecule has 0 N–H and O–H groups in total. The lowest BCUT2D eigenvalue weighted by atomic mass is 9.97. The van der Waals surface area contributed by atoms with Crippen LogP contribution in [0.5, 0.6) is 0 Å². The Labute approximate surface area is 315 Å². The number of imide groups is 1. The summed E-state index contributed by atoms with van der Waals surface area (Å²) in [7, 11) is 0. The minimum Gasteiger partial charge on any atom is -0.308 e. The van der Waals surface area contributed by atoms with Crippen molar-refractivity contribution in [3.63, 3.8) is 0 Å². The molecule has 9 rings (SSSR count). The number of halogens is 6. The topological polar surface area (TPSA) is 42.3 Å². The Hall–Kier alpha value is -6.94. The number of benzene rings is 7. The van der Waals surface area contributed by atoms with E-state index in [0.717, 1.165) is 27.0 Å². The van der Waals surface area contributed by atoms with Crippen LogP contribution in [-0.4, -0.2) is 16.4 Å². The average molecular weight is 753 g/mol. The lowest BCUT2D eigenvalue weighted by Crippen LogP contribution is -2.30. The largest absolute Gasteiger partial charge is 0.416 e. The molecule has 0 spiro atoms. The van der Waals surface area contributed by atoms with E-state index in [-0.39, 0.29) is 28.3 Å². The summed E-state index contributed by atoms with van der Waals surface area (Å²) in [4.78, 5) is 30.3. The number of fused-ring (bicyclic) bond motifs is 4. The number of aromatic nitrogens is 1. The number of nitrogens with zero attached hydrogens (tertiary/aromatic N) is 2. The molecular weight excluding hydrogens is 727 g/mol. The molecule has 0 bridgehead atoms. The minimum atomic E-state index is -5.03. The van der Waals surface area contributed by atoms with Crippen molar-refractivity contribution in [2.45, 2.75) is 12.4 Å². The van der Waals surface area contributed by atoms with Crippen LogP contribution < -0.4 is 4.90 Å². The van der Waals surface area contributed by atoms with Crippen LogP contribution in [0.25, 0.3) is 60.9 Å². The monoisotopic (exact) mass is 752 g/mol. The van der Waals surface area contributed by atoms with E-state index < -0.39 is 35.3 Å². The number of hydrogen-bond acceptors (Lipinski definition) is 2. The maximum Gasteiger partial charge on any atom is 0.416 e. The molecule has 2 amide bonds. The number of anilines is 1. The van der Waals surface area contributed by atoms with Crippen LogP contribution >= 0.6 is 0 Å². The Kier molecular flexibility index (Phi) is 7.98. The maximum absolute atomic E-state index is 14.8. The Morgan fingerprint density at radius 1 is 0.393 bits per heavy atom. The molecular formula is C46H26F6N2O2. The van der Waals surface area contributed by atoms with Crippen LogP contribution in [0, 0.1) is 0 Å². The van der Waals surface area contributed by atoms with E-state index in [0.29, 0.717) is 45.5 Å². The number of amides is 2. The van der Waals surface area contributed by atoms with Gasteiger partial charge in [0.25, 0.3) is 11.8 Å². The van der Waals surface area contributed by atoms with E-state index in [2.05, 4.69) is 0 Å². The fourth-order valence-electron chi connectivity index (χ4n) is 7.59. The Balaban J connectivity index is 1.23. The number of hydrogen-bond donors (Lipinski definition) is 0. The lowest BCUT2D eigenvalue weighted by molar-refractivity contribution is -0.143. The van der Waals surface area contributed by atoms with Gasteiger partial charge in [0.15, 0.2) is 0 Å². The molecule has 0 radical (unpaired) electrons. The van der Waals surface area contributed by atoms with E-state index in [1.807, 2.05) is 78.9 Å². The van der Waals surface area contributed by atoms with E-state index in [1.165, 1.54) is 12.1 Å². The first-order chi connectivity index (χ1) is 26.9. The first kappa shape index (κ1) is 34.8. The number of alkyl halides is 6. The van der Waals surface area contributed by atoms with Crippen LogP contribution in [0.2, 0.25) is 0 Å². The molecule has 56 heavy (non-hydrogen) atoms. The Morgan fingerprint density at radius 2 is 0.982 bits per heavy atom. The van der Waals surface area contributed by atoms with Gasteiger partial charge in [-0.3, -0.25) is 9.59 Å². The molecule has 0 saturated heterocycles. The van der Waals surface area contributed by atoms with Gasteiger partial charge in [-0.25, -0.2) is 4.90 Å². The van der Waals surface area contributed by atoms with Crippen molar-refractivity contribution < 1.29 is 35.9 Å². The Bertz CT molecular complexity index is 2850. The standard InChI is InChI=1S/C46H26F6N2O2/c47-45(48,49)32-22-31(23-33(26-32)46(50,51)52)30-18-20-35-34-14-7-8-16-38(34)53(41(35)25-30)40-17-9-15-36-42(40)44(56)54(43(36)55)39-21-19-29(27-10-3-1-4-11-27)24-37(39)28-12-5-2-6-13-28/h1-26H. The van der Waals surface area contributed by atoms with Gasteiger partial charge in [0.05, 0.1) is 44.7 Å². The van der Waals surface area contributed by atoms with Crippen molar-refractivity contribution in [1.29, 1.82) is 0 Å². The number of rotatable bonds is 5. The maximum atomic E-state index is 14.8. The van der Waals surface area contributed by atoms with Crippen LogP contribution in [0.15, 0.2) is 158 Å². The summed E-state index contributed by atoms with van der Waals surface area (Å²) in [6, 6.07) is 42.9. The molecule has 0 unspecified atom stereocenters. The molecule has 10 heteroatoms. The van der Waals surface area contributed by atoms with Gasteiger partial charge in [-0.15, -0.1) is 0 Å². The highest BCUT2D eigenvalue weighted by Gasteiger charge is 2.41. The molecule has 1 aromatic heterocycles. The van der Waals surface area contributed by atoms with Gasteiger partial charge in [-0.05, 0) is 82.4 Å². The van der Waals surface area contributed by atoms with Crippen molar-refractivity contribution in [3.05, 3.63) is 180 Å². The second kappa shape index (κ2) is 12.8. The molecule has 0 atom stereocenters. The van der Waals surface area contributed by atoms with Crippen molar-refractivity contribution in [2.75, 3.05) is 4.90 Å². The normalized spacial score (nSPS) is 13.2. The summed E-state index contributed by atoms with van der Waals surface area (Å²) < 4.78 is 84.9. The number of carbonyl (C=O) groups excluding carboxylic acids is 2. The van der Waals surface area contributed by atoms with Crippen molar-refractivity contribution in [2.24, 2.45) is 0 Å². The zero-order chi connectivity index (χ0) is 38.9. The summed E-state index contributed by atoms with van der Waals surface area (Å²) in [6.07, 6.45) is -10.1. The lowest BCUT2D eigenvalue weighted by Gasteiger charge is -2.20. The molecule has 0 aliphatic carbocycles. The summed E-state index contributed by atoms with van der Waals surface area (Å²) in [5.41, 5.74) is 2.22. The zero-order valence-corrected chi connectivity index (χ0v) is 29.0. The van der Waals surface area contributed by atoms with E-state index in [4.69, 9.17) is 0 Å². The SMILES string of the molecule is O=C1c2cccc(-n3c4ccccc4c4ccc(-c5cc(C(F)(F)F)cc(C(F)(F)F)c5)cc43)c2C(=O)N1c1ccc(-c2ccccc2)cc1-c1ccccc1. The Morgan fingerprint density at radius 3 is 1.66 bits per heavy atom. The quantitative estimate of drug-likeness (QED) is 0.130. The van der Waals surface area contributed by atoms with Crippen molar-refractivity contribution >= 4 is 39.3 Å². The van der Waals surface area contributed by atoms with E-state index in [9.17, 15) is 35.9 Å². The van der Waals surface area contributed by atoms with Gasteiger partial charge < -0.3 is 4.57 Å². The van der Waals surface area contributed by atoms with Crippen molar-refractivity contribution in [1.82, 2.24) is 4.57 Å². The first-order valence-electron chi connectivity index (χ1n) is 17.5. The van der Waals surface area contributed by atoms with Gasteiger partial charge in [-0.1, -0.05) is 103 Å². The predicted octanol–water partition coefficient (Wildman–Crippen LogP) is 12.6. The number of carbonyl (C=O) groups is 2. The average Bonchev–Trinajstić information content (AvgIpc) is 3.67.